The van der Waals surface area contributed by atoms with Crippen LogP contribution >= 0.6 is 7.60 Å². The number of rotatable bonds is 14. The first-order chi connectivity index (χ1) is 33.3. The van der Waals surface area contributed by atoms with Gasteiger partial charge in [-0.05, 0) is 131 Å². The molecule has 8 N–H and O–H groups in total. The van der Waals surface area contributed by atoms with Crippen LogP contribution in [0, 0.1) is 11.8 Å². The summed E-state index contributed by atoms with van der Waals surface area (Å²) in [7, 11) is -3.15. The van der Waals surface area contributed by atoms with Gasteiger partial charge in [0.2, 0.25) is 35.4 Å². The minimum absolute atomic E-state index is 0.00391. The van der Waals surface area contributed by atoms with Gasteiger partial charge in [-0.25, -0.2) is 0 Å². The molecule has 2 aliphatic carbocycles. The Bertz CT molecular complexity index is 2740. The van der Waals surface area contributed by atoms with Gasteiger partial charge in [0.05, 0.1) is 11.4 Å². The maximum atomic E-state index is 14.8. The molecule has 3 saturated heterocycles. The Morgan fingerprint density at radius 2 is 1.66 bits per heavy atom. The number of aromatic amines is 1. The topological polar surface area (TPSA) is 285 Å². The van der Waals surface area contributed by atoms with Gasteiger partial charge in [0.1, 0.15) is 29.6 Å². The van der Waals surface area contributed by atoms with Gasteiger partial charge in [0, 0.05) is 67.4 Å². The number of piperidine rings is 1. The number of aromatic nitrogens is 1. The number of amides is 7. The number of benzene rings is 2. The van der Waals surface area contributed by atoms with Gasteiger partial charge in [-0.3, -0.25) is 48.2 Å². The molecule has 4 atom stereocenters. The first-order valence-electron chi connectivity index (χ1n) is 24.2. The van der Waals surface area contributed by atoms with Crippen LogP contribution in [0.4, 0.5) is 11.4 Å². The summed E-state index contributed by atoms with van der Waals surface area (Å²) < 4.78 is 11.7. The molecule has 3 aromatic rings. The number of fused-ring (bicyclic) bond motifs is 3. The molecule has 70 heavy (non-hydrogen) atoms. The number of nitrogens with two attached hydrogens (primary N) is 1. The number of nitrogens with zero attached hydrogens (tertiary/aromatic N) is 4. The quantitative estimate of drug-likeness (QED) is 0.0905. The molecule has 6 aliphatic rings. The monoisotopic (exact) mass is 981 g/mol. The Kier molecular flexibility index (Phi) is 13.3. The smallest absolute Gasteiger partial charge is 0.370 e. The van der Waals surface area contributed by atoms with E-state index in [0.717, 1.165) is 49.0 Å². The van der Waals surface area contributed by atoms with Gasteiger partial charge < -0.3 is 50.7 Å². The van der Waals surface area contributed by atoms with E-state index < -0.39 is 54.5 Å². The molecule has 9 rings (SSSR count). The van der Waals surface area contributed by atoms with E-state index >= 15 is 0 Å². The van der Waals surface area contributed by atoms with E-state index in [0.29, 0.717) is 74.1 Å². The van der Waals surface area contributed by atoms with Gasteiger partial charge in [-0.1, -0.05) is 12.6 Å². The normalized spacial score (nSPS) is 25.5. The summed E-state index contributed by atoms with van der Waals surface area (Å²) in [4.78, 5) is 134. The second kappa shape index (κ2) is 19.1. The predicted molar refractivity (Wildman–Crippen MR) is 256 cm³/mol. The lowest BCUT2D eigenvalue weighted by atomic mass is 9.78. The largest absolute Gasteiger partial charge is 0.396 e. The second-order valence-corrected chi connectivity index (χ2v) is 21.6. The molecular weight excluding hydrogens is 922 g/mol. The van der Waals surface area contributed by atoms with Crippen molar-refractivity contribution in [2.24, 2.45) is 17.6 Å². The number of H-pyrrole nitrogens is 1. The minimum atomic E-state index is -5.07. The van der Waals surface area contributed by atoms with Crippen molar-refractivity contribution in [1.29, 1.82) is 0 Å². The van der Waals surface area contributed by atoms with Gasteiger partial charge >= 0.3 is 7.60 Å². The lowest BCUT2D eigenvalue weighted by molar-refractivity contribution is -0.145. The first kappa shape index (κ1) is 48.6. The van der Waals surface area contributed by atoms with Crippen LogP contribution < -0.4 is 31.5 Å². The molecular formula is C49H60N9O11P. The number of hydrogen-bond donors (Lipinski definition) is 7. The molecule has 5 heterocycles. The molecule has 1 aromatic heterocycles. The van der Waals surface area contributed by atoms with Gasteiger partial charge in [-0.2, -0.15) is 0 Å². The number of carbonyl (C=O) groups is 8. The van der Waals surface area contributed by atoms with Crippen molar-refractivity contribution in [2.75, 3.05) is 29.9 Å². The number of nitrogens with one attached hydrogen (secondary N) is 4. The molecule has 20 nitrogen and oxygen atoms in total. The average molecular weight is 982 g/mol. The summed E-state index contributed by atoms with van der Waals surface area (Å²) in [6, 6.07) is 8.59. The molecule has 21 heteroatoms. The number of primary amides is 1. The van der Waals surface area contributed by atoms with Crippen molar-refractivity contribution in [3.8, 4) is 0 Å². The molecule has 0 spiro atoms. The van der Waals surface area contributed by atoms with E-state index in [9.17, 15) is 52.7 Å². The Morgan fingerprint density at radius 1 is 0.914 bits per heavy atom. The number of anilines is 2. The average Bonchev–Trinajstić information content (AvgIpc) is 3.61. The summed E-state index contributed by atoms with van der Waals surface area (Å²) >= 11 is 0. The molecule has 5 fully saturated rings. The van der Waals surface area contributed by atoms with Crippen molar-refractivity contribution < 1.29 is 52.7 Å². The van der Waals surface area contributed by atoms with E-state index in [1.807, 2.05) is 22.9 Å². The molecule has 2 saturated carbocycles. The SMILES string of the molecule is C=C1N(C)c2cc(CC3CCC(CC(=O)N4CC[C@H]5CC[C@@H](C(=O)NC6(CCC(N)=O)CC6)N5C(=O)[C@@H](NC(=O)c5cc6cc(C(=O)P(=O)(O)O)ccc6[nH]5)C4)CC3)ccc2N1C1CCC(=O)NC1=O. The van der Waals surface area contributed by atoms with Crippen molar-refractivity contribution in [2.45, 2.75) is 126 Å². The van der Waals surface area contributed by atoms with Crippen molar-refractivity contribution in [1.82, 2.24) is 30.7 Å². The summed E-state index contributed by atoms with van der Waals surface area (Å²) in [5.74, 6) is -1.56. The Hall–Kier alpha value is -6.37. The summed E-state index contributed by atoms with van der Waals surface area (Å²) in [6.07, 6.45) is 8.51. The highest BCUT2D eigenvalue weighted by Gasteiger charge is 2.50. The van der Waals surface area contributed by atoms with Gasteiger partial charge in [-0.15, -0.1) is 0 Å². The van der Waals surface area contributed by atoms with Crippen molar-refractivity contribution in [3.63, 3.8) is 0 Å². The Labute approximate surface area is 404 Å². The minimum Gasteiger partial charge on any atom is -0.370 e. The molecule has 0 radical (unpaired) electrons. The number of carbonyl (C=O) groups excluding carboxylic acids is 8. The highest BCUT2D eigenvalue weighted by molar-refractivity contribution is 7.70. The lowest BCUT2D eigenvalue weighted by Crippen LogP contribution is -2.61. The van der Waals surface area contributed by atoms with Crippen LogP contribution in [0.25, 0.3) is 10.9 Å². The summed E-state index contributed by atoms with van der Waals surface area (Å²) in [5.41, 5.74) is 6.62. The highest BCUT2D eigenvalue weighted by atomic mass is 31.2. The maximum Gasteiger partial charge on any atom is 0.396 e. The molecule has 7 amide bonds. The van der Waals surface area contributed by atoms with Crippen LogP contribution in [0.3, 0.4) is 0 Å². The summed E-state index contributed by atoms with van der Waals surface area (Å²) in [5, 5.41) is 8.70. The fourth-order valence-corrected chi connectivity index (χ4v) is 11.8. The van der Waals surface area contributed by atoms with Gasteiger partial charge in [0.15, 0.2) is 0 Å². The van der Waals surface area contributed by atoms with Crippen molar-refractivity contribution >= 4 is 76.7 Å². The third-order valence-electron chi connectivity index (χ3n) is 15.4. The van der Waals surface area contributed by atoms with Crippen molar-refractivity contribution in [3.05, 3.63) is 71.7 Å². The molecule has 0 bridgehead atoms. The van der Waals surface area contributed by atoms with Crippen LogP contribution in [0.5, 0.6) is 0 Å². The predicted octanol–water partition coefficient (Wildman–Crippen LogP) is 3.06. The van der Waals surface area contributed by atoms with E-state index in [2.05, 4.69) is 39.6 Å². The fraction of sp³-hybridized carbons (Fsp3) is 0.510. The van der Waals surface area contributed by atoms with Crippen LogP contribution in [-0.4, -0.2) is 121 Å². The zero-order valence-corrected chi connectivity index (χ0v) is 40.0. The zero-order chi connectivity index (χ0) is 49.8. The Balaban J connectivity index is 0.867. The Morgan fingerprint density at radius 3 is 2.36 bits per heavy atom. The zero-order valence-electron chi connectivity index (χ0n) is 39.1. The van der Waals surface area contributed by atoms with E-state index in [1.54, 1.807) is 9.80 Å². The molecule has 2 aromatic carbocycles. The second-order valence-electron chi connectivity index (χ2n) is 20.1. The third-order valence-corrected chi connectivity index (χ3v) is 16.2. The van der Waals surface area contributed by atoms with Crippen LogP contribution in [-0.2, 0) is 39.8 Å². The van der Waals surface area contributed by atoms with Crippen LogP contribution in [0.15, 0.2) is 54.9 Å². The van der Waals surface area contributed by atoms with E-state index in [4.69, 9.17) is 5.73 Å². The van der Waals surface area contributed by atoms with E-state index in [-0.39, 0.29) is 72.7 Å². The van der Waals surface area contributed by atoms with Crippen LogP contribution in [0.2, 0.25) is 0 Å². The molecule has 372 valence electrons. The first-order valence-corrected chi connectivity index (χ1v) is 25.8. The lowest BCUT2D eigenvalue weighted by Gasteiger charge is -2.39. The standard InChI is InChI=1S/C49H60N9O11P/c1-27-55(2)40-22-30(7-11-37(40)57(27)38-13-14-42(60)53-45(38)63)21-28-3-5-29(6-4-28)23-43(61)56-20-16-33-9-12-39(46(64)54-49(18-19-49)17-15-41(50)59)58(33)47(65)36(26-56)52-44(62)35-25-32-24-31(8-10-34(32)51-35)48(66)70(67,68)69/h7-8,10-11,22,24-25,28-29,33,36,38-39,51H,1,3-6,9,12-21,23,26H2,2H3,(H2,50,59)(H,52,62)(H,54,64)(H,53,60,63)(H2,67,68,69)/t28?,29?,33-,36+,38?,39+/m1/s1. The summed E-state index contributed by atoms with van der Waals surface area (Å²) in [6.45, 7) is 4.40. The molecule has 1 unspecified atom stereocenters. The van der Waals surface area contributed by atoms with Crippen LogP contribution in [0.1, 0.15) is 116 Å². The highest BCUT2D eigenvalue weighted by Crippen LogP contribution is 2.45. The van der Waals surface area contributed by atoms with E-state index in [1.165, 1.54) is 24.3 Å². The number of imide groups is 1. The molecule has 4 aliphatic heterocycles. The third kappa shape index (κ3) is 9.98. The van der Waals surface area contributed by atoms with Gasteiger partial charge in [0.25, 0.3) is 11.4 Å². The fourth-order valence-electron chi connectivity index (χ4n) is 11.3. The number of hydrogen-bond acceptors (Lipinski definition) is 11. The maximum absolute atomic E-state index is 14.8.